The first-order chi connectivity index (χ1) is 28.3. The van der Waals surface area contributed by atoms with E-state index in [0.717, 1.165) is 37.8 Å². The van der Waals surface area contributed by atoms with E-state index in [2.05, 4.69) is 199 Å². The van der Waals surface area contributed by atoms with Crippen molar-refractivity contribution in [3.63, 3.8) is 0 Å². The zero-order chi connectivity index (χ0) is 37.8. The Bertz CT molecular complexity index is 2760. The van der Waals surface area contributed by atoms with E-state index in [4.69, 9.17) is 0 Å². The fourth-order valence-electron chi connectivity index (χ4n) is 9.92. The van der Waals surface area contributed by atoms with Gasteiger partial charge in [0.25, 0.3) is 0 Å². The van der Waals surface area contributed by atoms with E-state index in [-0.39, 0.29) is 0 Å². The van der Waals surface area contributed by atoms with E-state index >= 15 is 0 Å². The van der Waals surface area contributed by atoms with Crippen LogP contribution in [-0.2, 0) is 11.8 Å². The zero-order valence-corrected chi connectivity index (χ0v) is 32.8. The Labute approximate surface area is 340 Å². The molecule has 274 valence electrons. The number of thiophene rings is 1. The lowest BCUT2D eigenvalue weighted by Gasteiger charge is -2.34. The number of aryl methyl sites for hydroxylation is 1. The first-order valence-electron chi connectivity index (χ1n) is 20.5. The molecule has 7 aromatic rings. The highest BCUT2D eigenvalue weighted by atomic mass is 32.1. The lowest BCUT2D eigenvalue weighted by atomic mass is 9.67. The summed E-state index contributed by atoms with van der Waals surface area (Å²) < 4.78 is 1.41. The molecule has 0 saturated carbocycles. The molecule has 0 unspecified atom stereocenters. The summed E-state index contributed by atoms with van der Waals surface area (Å²) in [5.41, 5.74) is 16.4. The summed E-state index contributed by atoms with van der Waals surface area (Å²) >= 11 is 2.01. The number of rotatable bonds is 7. The van der Waals surface area contributed by atoms with E-state index in [1.807, 2.05) is 11.3 Å². The summed E-state index contributed by atoms with van der Waals surface area (Å²) in [5.74, 6) is 0.407. The smallest absolute Gasteiger partial charge is 0.0714 e. The van der Waals surface area contributed by atoms with Gasteiger partial charge >= 0.3 is 0 Å². The lowest BCUT2D eigenvalue weighted by molar-refractivity contribution is 0.761. The van der Waals surface area contributed by atoms with Crippen LogP contribution in [0, 0.1) is 5.92 Å². The van der Waals surface area contributed by atoms with Crippen molar-refractivity contribution in [2.75, 3.05) is 4.90 Å². The monoisotopic (exact) mass is 749 g/mol. The zero-order valence-electron chi connectivity index (χ0n) is 31.9. The van der Waals surface area contributed by atoms with Gasteiger partial charge in [-0.15, -0.1) is 11.3 Å². The number of allylic oxidation sites excluding steroid dienone is 8. The molecule has 0 saturated heterocycles. The molecule has 0 radical (unpaired) electrons. The third-order valence-electron chi connectivity index (χ3n) is 12.6. The molecule has 0 N–H and O–H groups in total. The highest BCUT2D eigenvalue weighted by molar-refractivity contribution is 7.20. The molecule has 0 spiro atoms. The van der Waals surface area contributed by atoms with Crippen LogP contribution in [0.1, 0.15) is 58.4 Å². The van der Waals surface area contributed by atoms with Gasteiger partial charge in [-0.3, -0.25) is 0 Å². The van der Waals surface area contributed by atoms with E-state index < -0.39 is 5.41 Å². The van der Waals surface area contributed by atoms with Gasteiger partial charge in [0.2, 0.25) is 0 Å². The minimum absolute atomic E-state index is 0.407. The fraction of sp³-hybridized carbons (Fsp3) is 0.127. The van der Waals surface area contributed by atoms with Crippen LogP contribution in [0.2, 0.25) is 0 Å². The Balaban J connectivity index is 1.13. The van der Waals surface area contributed by atoms with E-state index in [1.54, 1.807) is 0 Å². The molecule has 0 aliphatic heterocycles. The summed E-state index contributed by atoms with van der Waals surface area (Å²) in [7, 11) is 0. The van der Waals surface area contributed by atoms with Gasteiger partial charge in [-0.1, -0.05) is 164 Å². The Kier molecular flexibility index (Phi) is 8.40. The molecule has 11 rings (SSSR count). The van der Waals surface area contributed by atoms with Crippen LogP contribution in [0.15, 0.2) is 199 Å². The maximum absolute atomic E-state index is 2.51. The van der Waals surface area contributed by atoms with Crippen molar-refractivity contribution in [2.24, 2.45) is 5.92 Å². The van der Waals surface area contributed by atoms with Crippen LogP contribution in [0.25, 0.3) is 38.4 Å². The largest absolute Gasteiger partial charge is 0.311 e. The van der Waals surface area contributed by atoms with Gasteiger partial charge < -0.3 is 4.90 Å². The van der Waals surface area contributed by atoms with Gasteiger partial charge in [-0.05, 0) is 113 Å². The Hall–Kier alpha value is -6.22. The lowest BCUT2D eigenvalue weighted by Crippen LogP contribution is -2.28. The molecule has 6 aromatic carbocycles. The molecular formula is C55H43NS. The summed E-state index contributed by atoms with van der Waals surface area (Å²) in [6.07, 6.45) is 24.5. The molecule has 4 aliphatic rings. The highest BCUT2D eigenvalue weighted by Gasteiger charge is 2.47. The van der Waals surface area contributed by atoms with Crippen molar-refractivity contribution in [3.8, 4) is 22.3 Å². The summed E-state index contributed by atoms with van der Waals surface area (Å²) in [4.78, 5) is 3.99. The van der Waals surface area contributed by atoms with E-state index in [1.165, 1.54) is 82.0 Å². The molecule has 1 heterocycles. The molecule has 4 aliphatic carbocycles. The minimum Gasteiger partial charge on any atom is -0.311 e. The molecule has 1 atom stereocenters. The van der Waals surface area contributed by atoms with Gasteiger partial charge in [0.1, 0.15) is 0 Å². The first kappa shape index (κ1) is 34.1. The van der Waals surface area contributed by atoms with Crippen molar-refractivity contribution in [1.29, 1.82) is 0 Å². The highest BCUT2D eigenvalue weighted by Crippen LogP contribution is 2.60. The van der Waals surface area contributed by atoms with Crippen molar-refractivity contribution < 1.29 is 0 Å². The molecule has 1 nitrogen and oxygen atoms in total. The second kappa shape index (κ2) is 14.1. The molecule has 2 heteroatoms. The van der Waals surface area contributed by atoms with Gasteiger partial charge in [-0.2, -0.15) is 0 Å². The maximum Gasteiger partial charge on any atom is 0.0714 e. The predicted molar refractivity (Wildman–Crippen MR) is 242 cm³/mol. The SMILES string of the molecule is C1=CC([C@@H]2C=CC(N(c3ccc(-c4ccccc4)cc3)c3ccc4c(c3)-c3c(ccc5c6c(sc35)CCC=C6)C4(c3ccccc3)c3ccccc3)=CC2)=CCC1. The summed E-state index contributed by atoms with van der Waals surface area (Å²) in [5, 5.41) is 1.38. The number of anilines is 2. The van der Waals surface area contributed by atoms with Crippen LogP contribution in [-0.4, -0.2) is 0 Å². The Morgan fingerprint density at radius 1 is 0.579 bits per heavy atom. The number of nitrogens with zero attached hydrogens (tertiary/aromatic N) is 1. The topological polar surface area (TPSA) is 3.24 Å². The van der Waals surface area contributed by atoms with Crippen LogP contribution in [0.3, 0.4) is 0 Å². The standard InChI is InChI=1S/C55H43NS/c1-5-15-38(16-6-1)40-25-29-44(30-26-40)56(45-31-27-41(28-32-45)39-17-7-2-8-18-39)46-33-35-50-49(37-46)53-51(36-34-48-47-23-13-14-24-52(47)57-54(48)53)55(50,42-19-9-3-10-20-42)43-21-11-4-12-22-43/h1,3-7,9-13,15-23,25-27,29-37,41H,2,8,14,24,28H2/t41-/m1/s1. The van der Waals surface area contributed by atoms with E-state index in [0.29, 0.717) is 5.92 Å². The van der Waals surface area contributed by atoms with Gasteiger partial charge in [0, 0.05) is 43.5 Å². The van der Waals surface area contributed by atoms with Crippen LogP contribution < -0.4 is 4.90 Å². The average Bonchev–Trinajstić information content (AvgIpc) is 3.82. The maximum atomic E-state index is 2.51. The number of fused-ring (bicyclic) bond motifs is 7. The number of hydrogen-bond donors (Lipinski definition) is 0. The molecule has 1 aromatic heterocycles. The first-order valence-corrected chi connectivity index (χ1v) is 21.3. The Morgan fingerprint density at radius 3 is 1.96 bits per heavy atom. The minimum atomic E-state index is -0.457. The van der Waals surface area contributed by atoms with Crippen molar-refractivity contribution >= 4 is 38.9 Å². The predicted octanol–water partition coefficient (Wildman–Crippen LogP) is 14.8. The fourth-order valence-corrected chi connectivity index (χ4v) is 11.3. The second-order valence-corrected chi connectivity index (χ2v) is 16.8. The van der Waals surface area contributed by atoms with E-state index in [9.17, 15) is 0 Å². The summed E-state index contributed by atoms with van der Waals surface area (Å²) in [6.45, 7) is 0. The van der Waals surface area contributed by atoms with Crippen LogP contribution in [0.5, 0.6) is 0 Å². The quantitative estimate of drug-likeness (QED) is 0.157. The number of benzene rings is 6. The van der Waals surface area contributed by atoms with Crippen molar-refractivity contribution in [2.45, 2.75) is 37.5 Å². The third-order valence-corrected chi connectivity index (χ3v) is 13.9. The number of hydrogen-bond acceptors (Lipinski definition) is 2. The normalized spacial score (nSPS) is 17.4. The van der Waals surface area contributed by atoms with Crippen molar-refractivity contribution in [3.05, 3.63) is 232 Å². The molecule has 0 fully saturated rings. The van der Waals surface area contributed by atoms with Crippen molar-refractivity contribution in [1.82, 2.24) is 0 Å². The molecule has 57 heavy (non-hydrogen) atoms. The summed E-state index contributed by atoms with van der Waals surface area (Å²) in [6, 6.07) is 54.5. The van der Waals surface area contributed by atoms with Gasteiger partial charge in [0.05, 0.1) is 5.41 Å². The van der Waals surface area contributed by atoms with Gasteiger partial charge in [-0.25, -0.2) is 0 Å². The van der Waals surface area contributed by atoms with Crippen LogP contribution >= 0.6 is 11.3 Å². The van der Waals surface area contributed by atoms with Gasteiger partial charge in [0.15, 0.2) is 0 Å². The third kappa shape index (κ3) is 5.57. The average molecular weight is 750 g/mol. The molecular weight excluding hydrogens is 707 g/mol. The Morgan fingerprint density at radius 2 is 1.26 bits per heavy atom. The molecule has 0 amide bonds. The second-order valence-electron chi connectivity index (χ2n) is 15.7. The molecule has 0 bridgehead atoms. The van der Waals surface area contributed by atoms with Crippen LogP contribution in [0.4, 0.5) is 11.4 Å².